The van der Waals surface area contributed by atoms with Crippen molar-refractivity contribution in [1.29, 1.82) is 0 Å². The van der Waals surface area contributed by atoms with Gasteiger partial charge >= 0.3 is 6.03 Å². The van der Waals surface area contributed by atoms with Crippen LogP contribution >= 0.6 is 0 Å². The molecule has 6 heteroatoms. The summed E-state index contributed by atoms with van der Waals surface area (Å²) >= 11 is 0. The average molecular weight is 256 g/mol. The Labute approximate surface area is 108 Å². The minimum Gasteiger partial charge on any atom is -0.368 e. The first kappa shape index (κ1) is 14.8. The third-order valence-corrected chi connectivity index (χ3v) is 3.32. The highest BCUT2D eigenvalue weighted by atomic mass is 16.2. The van der Waals surface area contributed by atoms with Crippen molar-refractivity contribution in [3.8, 4) is 0 Å². The molecule has 0 bridgehead atoms. The fourth-order valence-corrected chi connectivity index (χ4v) is 2.30. The summed E-state index contributed by atoms with van der Waals surface area (Å²) in [6.45, 7) is 6.86. The van der Waals surface area contributed by atoms with Crippen LogP contribution in [0.1, 0.15) is 26.7 Å². The summed E-state index contributed by atoms with van der Waals surface area (Å²) in [5.74, 6) is -0.457. The van der Waals surface area contributed by atoms with Gasteiger partial charge in [0.25, 0.3) is 0 Å². The third kappa shape index (κ3) is 3.87. The molecule has 0 aromatic carbocycles. The Balaban J connectivity index is 2.75. The zero-order valence-corrected chi connectivity index (χ0v) is 11.3. The van der Waals surface area contributed by atoms with Gasteiger partial charge in [-0.15, -0.1) is 0 Å². The molecular formula is C12H24N4O2. The van der Waals surface area contributed by atoms with Gasteiger partial charge in [-0.1, -0.05) is 0 Å². The van der Waals surface area contributed by atoms with E-state index in [2.05, 4.69) is 5.32 Å². The van der Waals surface area contributed by atoms with Gasteiger partial charge in [0.05, 0.1) is 0 Å². The lowest BCUT2D eigenvalue weighted by Gasteiger charge is -2.36. The number of hydrogen-bond acceptors (Lipinski definition) is 3. The zero-order valence-electron chi connectivity index (χ0n) is 11.3. The van der Waals surface area contributed by atoms with E-state index in [1.807, 2.05) is 13.8 Å². The lowest BCUT2D eigenvalue weighted by Crippen LogP contribution is -2.55. The summed E-state index contributed by atoms with van der Waals surface area (Å²) in [6.07, 6.45) is 1.94. The van der Waals surface area contributed by atoms with Gasteiger partial charge in [-0.3, -0.25) is 4.79 Å². The maximum Gasteiger partial charge on any atom is 0.320 e. The fourth-order valence-electron chi connectivity index (χ4n) is 2.30. The first-order chi connectivity index (χ1) is 8.60. The van der Waals surface area contributed by atoms with Gasteiger partial charge in [0.1, 0.15) is 6.54 Å². The van der Waals surface area contributed by atoms with E-state index in [1.165, 1.54) is 0 Å². The number of urea groups is 1. The topological polar surface area (TPSA) is 78.7 Å². The Morgan fingerprint density at radius 2 is 2.00 bits per heavy atom. The zero-order chi connectivity index (χ0) is 13.5. The van der Waals surface area contributed by atoms with Crippen molar-refractivity contribution in [3.63, 3.8) is 0 Å². The number of nitrogens with one attached hydrogen (secondary N) is 1. The molecule has 1 rings (SSSR count). The molecule has 1 unspecified atom stereocenters. The molecule has 1 aliphatic heterocycles. The van der Waals surface area contributed by atoms with E-state index in [-0.39, 0.29) is 18.6 Å². The smallest absolute Gasteiger partial charge is 0.320 e. The summed E-state index contributed by atoms with van der Waals surface area (Å²) in [5, 5.41) is 3.25. The van der Waals surface area contributed by atoms with E-state index < -0.39 is 5.91 Å². The molecular weight excluding hydrogens is 232 g/mol. The third-order valence-electron chi connectivity index (χ3n) is 3.32. The summed E-state index contributed by atoms with van der Waals surface area (Å²) < 4.78 is 0. The number of piperidine rings is 1. The van der Waals surface area contributed by atoms with Crippen LogP contribution in [0, 0.1) is 0 Å². The van der Waals surface area contributed by atoms with E-state index in [1.54, 1.807) is 9.80 Å². The van der Waals surface area contributed by atoms with Crippen molar-refractivity contribution >= 4 is 11.9 Å². The van der Waals surface area contributed by atoms with E-state index in [9.17, 15) is 9.59 Å². The van der Waals surface area contributed by atoms with Gasteiger partial charge < -0.3 is 20.9 Å². The number of nitrogens with zero attached hydrogens (tertiary/aromatic N) is 2. The van der Waals surface area contributed by atoms with Crippen molar-refractivity contribution in [2.45, 2.75) is 32.7 Å². The first-order valence-electron chi connectivity index (χ1n) is 6.64. The highest BCUT2D eigenvalue weighted by Gasteiger charge is 2.28. The molecule has 1 heterocycles. The average Bonchev–Trinajstić information content (AvgIpc) is 2.38. The van der Waals surface area contributed by atoms with Gasteiger partial charge in [0.2, 0.25) is 5.91 Å². The Bertz CT molecular complexity index is 286. The molecule has 0 radical (unpaired) electrons. The maximum atomic E-state index is 12.4. The second kappa shape index (κ2) is 7.20. The molecule has 3 amide bonds. The van der Waals surface area contributed by atoms with Crippen LogP contribution in [0.15, 0.2) is 0 Å². The lowest BCUT2D eigenvalue weighted by atomic mass is 10.1. The normalized spacial score (nSPS) is 19.3. The predicted octanol–water partition coefficient (Wildman–Crippen LogP) is -0.0125. The molecule has 0 spiro atoms. The minimum atomic E-state index is -0.457. The molecule has 3 N–H and O–H groups in total. The van der Waals surface area contributed by atoms with Crippen molar-refractivity contribution in [2.75, 3.05) is 32.7 Å². The Kier molecular flexibility index (Phi) is 5.91. The Morgan fingerprint density at radius 1 is 1.33 bits per heavy atom. The molecule has 0 saturated carbocycles. The van der Waals surface area contributed by atoms with Gasteiger partial charge in [-0.2, -0.15) is 0 Å². The highest BCUT2D eigenvalue weighted by molar-refractivity contribution is 5.83. The molecule has 0 aromatic heterocycles. The number of amides is 3. The molecule has 1 atom stereocenters. The molecule has 6 nitrogen and oxygen atoms in total. The minimum absolute atomic E-state index is 0.00167. The molecule has 1 saturated heterocycles. The quantitative estimate of drug-likeness (QED) is 0.726. The molecule has 0 aromatic rings. The molecule has 1 aliphatic rings. The van der Waals surface area contributed by atoms with E-state index in [0.29, 0.717) is 13.1 Å². The Hall–Kier alpha value is -1.30. The van der Waals surface area contributed by atoms with Crippen LogP contribution in [0.3, 0.4) is 0 Å². The van der Waals surface area contributed by atoms with Crippen molar-refractivity contribution in [2.24, 2.45) is 5.73 Å². The number of carbonyl (C=O) groups is 2. The first-order valence-corrected chi connectivity index (χ1v) is 6.64. The maximum absolute atomic E-state index is 12.4. The van der Waals surface area contributed by atoms with Crippen LogP contribution in [0.4, 0.5) is 4.79 Å². The standard InChI is InChI=1S/C12H24N4O2/c1-3-15(4-2)12(18)16(9-11(13)17)10-6-5-7-14-8-10/h10,14H,3-9H2,1-2H3,(H2,13,17). The largest absolute Gasteiger partial charge is 0.368 e. The van der Waals surface area contributed by atoms with Gasteiger partial charge in [-0.05, 0) is 33.2 Å². The van der Waals surface area contributed by atoms with Crippen LogP contribution in [0.25, 0.3) is 0 Å². The number of rotatable bonds is 5. The molecule has 18 heavy (non-hydrogen) atoms. The fraction of sp³-hybridized carbons (Fsp3) is 0.833. The van der Waals surface area contributed by atoms with Gasteiger partial charge in [-0.25, -0.2) is 4.79 Å². The summed E-state index contributed by atoms with van der Waals surface area (Å²) in [4.78, 5) is 26.8. The van der Waals surface area contributed by atoms with Crippen LogP contribution < -0.4 is 11.1 Å². The lowest BCUT2D eigenvalue weighted by molar-refractivity contribution is -0.119. The summed E-state index contributed by atoms with van der Waals surface area (Å²) in [6, 6.07) is -0.0214. The number of carbonyl (C=O) groups excluding carboxylic acids is 2. The van der Waals surface area contributed by atoms with Crippen LogP contribution in [-0.2, 0) is 4.79 Å². The van der Waals surface area contributed by atoms with Crippen molar-refractivity contribution in [1.82, 2.24) is 15.1 Å². The number of primary amides is 1. The summed E-state index contributed by atoms with van der Waals surface area (Å²) in [7, 11) is 0. The van der Waals surface area contributed by atoms with Crippen LogP contribution in [-0.4, -0.2) is 60.5 Å². The highest BCUT2D eigenvalue weighted by Crippen LogP contribution is 2.12. The monoisotopic (exact) mass is 256 g/mol. The van der Waals surface area contributed by atoms with E-state index in [4.69, 9.17) is 5.73 Å². The second-order valence-electron chi connectivity index (χ2n) is 4.55. The Morgan fingerprint density at radius 3 is 2.44 bits per heavy atom. The molecule has 0 aliphatic carbocycles. The van der Waals surface area contributed by atoms with Gasteiger partial charge in [0, 0.05) is 25.7 Å². The van der Waals surface area contributed by atoms with Crippen LogP contribution in [0.5, 0.6) is 0 Å². The van der Waals surface area contributed by atoms with Gasteiger partial charge in [0.15, 0.2) is 0 Å². The SMILES string of the molecule is CCN(CC)C(=O)N(CC(N)=O)C1CCCNC1. The number of hydrogen-bond donors (Lipinski definition) is 2. The van der Waals surface area contributed by atoms with E-state index in [0.717, 1.165) is 25.9 Å². The van der Waals surface area contributed by atoms with Crippen LogP contribution in [0.2, 0.25) is 0 Å². The summed E-state index contributed by atoms with van der Waals surface area (Å²) in [5.41, 5.74) is 5.25. The predicted molar refractivity (Wildman–Crippen MR) is 70.1 cm³/mol. The second-order valence-corrected chi connectivity index (χ2v) is 4.55. The number of nitrogens with two attached hydrogens (primary N) is 1. The molecule has 104 valence electrons. The van der Waals surface area contributed by atoms with E-state index >= 15 is 0 Å². The van der Waals surface area contributed by atoms with Crippen molar-refractivity contribution < 1.29 is 9.59 Å². The molecule has 1 fully saturated rings. The van der Waals surface area contributed by atoms with Crippen molar-refractivity contribution in [3.05, 3.63) is 0 Å².